The molecule has 10 nitrogen and oxygen atoms in total. The van der Waals surface area contributed by atoms with Gasteiger partial charge in [0.25, 0.3) is 0 Å². The van der Waals surface area contributed by atoms with Crippen molar-refractivity contribution in [1.29, 1.82) is 0 Å². The summed E-state index contributed by atoms with van der Waals surface area (Å²) >= 11 is 1.38. The standard InChI is InChI=1S/C16H19N3O4S.3H2O/c1-16(2)11(15(22)23)19-13(21)10(14(19)24-16)18-12(20)9(17)8-6-4-3-5-7-8;;;/h3-7,9-11,14H,17H2,1-2H3,(H,18,20)(H,22,23);3*1H2/t9-,10-,11+,14+;;;/m1.../s1. The van der Waals surface area contributed by atoms with Crippen LogP contribution in [0.2, 0.25) is 0 Å². The lowest BCUT2D eigenvalue weighted by Crippen LogP contribution is -2.71. The fraction of sp³-hybridized carbons (Fsp3) is 0.438. The summed E-state index contributed by atoms with van der Waals surface area (Å²) in [6.45, 7) is 3.58. The molecule has 2 aliphatic rings. The summed E-state index contributed by atoms with van der Waals surface area (Å²) in [6, 6.07) is 6.38. The van der Waals surface area contributed by atoms with E-state index in [1.807, 2.05) is 6.07 Å². The van der Waals surface area contributed by atoms with E-state index in [9.17, 15) is 19.5 Å². The summed E-state index contributed by atoms with van der Waals surface area (Å²) < 4.78 is -0.618. The smallest absolute Gasteiger partial charge is 0.327 e. The Bertz CT molecular complexity index is 701. The Morgan fingerprint density at radius 1 is 1.22 bits per heavy atom. The molecule has 4 atom stereocenters. The third-order valence-electron chi connectivity index (χ3n) is 4.41. The first-order valence-corrected chi connectivity index (χ1v) is 8.45. The number of nitrogens with zero attached hydrogens (tertiary/aromatic N) is 1. The van der Waals surface area contributed by atoms with E-state index in [-0.39, 0.29) is 27.7 Å². The minimum Gasteiger partial charge on any atom is -0.480 e. The monoisotopic (exact) mass is 403 g/mol. The van der Waals surface area contributed by atoms with Crippen molar-refractivity contribution in [3.63, 3.8) is 0 Å². The highest BCUT2D eigenvalue weighted by Crippen LogP contribution is 2.50. The number of fused-ring (bicyclic) bond motifs is 1. The maximum Gasteiger partial charge on any atom is 0.327 e. The summed E-state index contributed by atoms with van der Waals surface area (Å²) in [5, 5.41) is 11.7. The zero-order chi connectivity index (χ0) is 17.6. The average Bonchev–Trinajstić information content (AvgIpc) is 2.80. The Hall–Kier alpha value is -2.18. The van der Waals surface area contributed by atoms with E-state index in [1.165, 1.54) is 16.7 Å². The topological polar surface area (TPSA) is 207 Å². The number of rotatable bonds is 4. The first kappa shape index (κ1) is 24.8. The van der Waals surface area contributed by atoms with Gasteiger partial charge in [0.15, 0.2) is 0 Å². The van der Waals surface area contributed by atoms with Crippen molar-refractivity contribution in [2.75, 3.05) is 0 Å². The number of benzene rings is 1. The Morgan fingerprint density at radius 3 is 2.30 bits per heavy atom. The summed E-state index contributed by atoms with van der Waals surface area (Å²) in [5.74, 6) is -1.86. The number of hydrogen-bond donors (Lipinski definition) is 3. The lowest BCUT2D eigenvalue weighted by atomic mass is 9.95. The number of carbonyl (C=O) groups excluding carboxylic acids is 2. The van der Waals surface area contributed by atoms with Crippen LogP contribution in [-0.2, 0) is 14.4 Å². The molecule has 0 bridgehead atoms. The normalized spacial score (nSPS) is 25.5. The average molecular weight is 403 g/mol. The fourth-order valence-electron chi connectivity index (χ4n) is 3.20. The van der Waals surface area contributed by atoms with Crippen molar-refractivity contribution in [1.82, 2.24) is 10.2 Å². The van der Waals surface area contributed by atoms with Crippen LogP contribution < -0.4 is 11.1 Å². The van der Waals surface area contributed by atoms with Crippen molar-refractivity contribution in [2.45, 2.75) is 42.1 Å². The Labute approximate surface area is 160 Å². The molecule has 2 saturated heterocycles. The fourth-order valence-corrected chi connectivity index (χ4v) is 4.83. The number of amides is 2. The Morgan fingerprint density at radius 2 is 1.78 bits per heavy atom. The quantitative estimate of drug-likeness (QED) is 0.477. The molecule has 0 spiro atoms. The molecule has 2 aliphatic heterocycles. The highest BCUT2D eigenvalue weighted by molar-refractivity contribution is 8.01. The molecular formula is C16H25N3O7S. The number of nitrogens with one attached hydrogen (secondary N) is 1. The Kier molecular flexibility index (Phi) is 7.97. The van der Waals surface area contributed by atoms with Crippen molar-refractivity contribution in [3.05, 3.63) is 35.9 Å². The van der Waals surface area contributed by atoms with Gasteiger partial charge in [-0.3, -0.25) is 9.59 Å². The van der Waals surface area contributed by atoms with Gasteiger partial charge >= 0.3 is 5.97 Å². The number of nitrogens with two attached hydrogens (primary N) is 1. The molecule has 3 rings (SSSR count). The van der Waals surface area contributed by atoms with Crippen LogP contribution >= 0.6 is 11.8 Å². The van der Waals surface area contributed by atoms with Crippen molar-refractivity contribution < 1.29 is 35.9 Å². The second-order valence-corrected chi connectivity index (χ2v) is 8.24. The van der Waals surface area contributed by atoms with Crippen LogP contribution in [0.15, 0.2) is 30.3 Å². The number of aliphatic carboxylic acids is 1. The summed E-state index contributed by atoms with van der Waals surface area (Å²) in [7, 11) is 0. The first-order valence-electron chi connectivity index (χ1n) is 7.58. The van der Waals surface area contributed by atoms with Crippen molar-refractivity contribution in [3.8, 4) is 0 Å². The molecule has 2 amide bonds. The Balaban J connectivity index is 0.00000225. The zero-order valence-corrected chi connectivity index (χ0v) is 15.6. The number of carboxylic acids is 1. The van der Waals surface area contributed by atoms with Crippen LogP contribution in [0.1, 0.15) is 25.5 Å². The van der Waals surface area contributed by atoms with E-state index >= 15 is 0 Å². The van der Waals surface area contributed by atoms with Crippen molar-refractivity contribution >= 4 is 29.5 Å². The molecule has 2 fully saturated rings. The predicted octanol–water partition coefficient (Wildman–Crippen LogP) is -2.16. The number of thioether (sulfide) groups is 1. The lowest BCUT2D eigenvalue weighted by Gasteiger charge is -2.43. The van der Waals surface area contributed by atoms with Gasteiger partial charge in [-0.15, -0.1) is 11.8 Å². The van der Waals surface area contributed by atoms with Gasteiger partial charge in [0.2, 0.25) is 11.8 Å². The molecule has 1 aromatic carbocycles. The molecule has 0 aliphatic carbocycles. The molecule has 2 heterocycles. The molecule has 0 unspecified atom stereocenters. The third-order valence-corrected chi connectivity index (χ3v) is 5.99. The molecule has 0 aromatic heterocycles. The third kappa shape index (κ3) is 4.06. The molecule has 0 saturated carbocycles. The van der Waals surface area contributed by atoms with Gasteiger partial charge in [-0.1, -0.05) is 30.3 Å². The predicted molar refractivity (Wildman–Crippen MR) is 99.9 cm³/mol. The largest absolute Gasteiger partial charge is 0.480 e. The van der Waals surface area contributed by atoms with E-state index in [2.05, 4.69) is 5.32 Å². The highest BCUT2D eigenvalue weighted by Gasteiger charge is 2.64. The van der Waals surface area contributed by atoms with Crippen molar-refractivity contribution in [2.24, 2.45) is 5.73 Å². The minimum absolute atomic E-state index is 0. The summed E-state index contributed by atoms with van der Waals surface area (Å²) in [4.78, 5) is 37.5. The SMILES string of the molecule is CC1(C)S[C@H]2[C@H](NC(=O)[C@H](N)c3ccccc3)C(=O)N2[C@H]1C(=O)O.O.O.O. The van der Waals surface area contributed by atoms with E-state index in [0.29, 0.717) is 5.56 Å². The highest BCUT2D eigenvalue weighted by atomic mass is 32.2. The van der Waals surface area contributed by atoms with Gasteiger partial charge in [-0.25, -0.2) is 4.79 Å². The number of β-lactam (4-membered cyclic amide) rings is 1. The number of carbonyl (C=O) groups is 3. The molecule has 27 heavy (non-hydrogen) atoms. The van der Waals surface area contributed by atoms with Crippen LogP contribution in [0, 0.1) is 0 Å². The van der Waals surface area contributed by atoms with Crippen LogP contribution in [0.3, 0.4) is 0 Å². The molecule has 152 valence electrons. The number of hydrogen-bond acceptors (Lipinski definition) is 5. The van der Waals surface area contributed by atoms with E-state index < -0.39 is 34.7 Å². The summed E-state index contributed by atoms with van der Waals surface area (Å²) in [6.07, 6.45) is 0. The molecule has 0 radical (unpaired) electrons. The summed E-state index contributed by atoms with van der Waals surface area (Å²) in [5.41, 5.74) is 6.59. The van der Waals surface area contributed by atoms with Gasteiger partial charge in [-0.05, 0) is 19.4 Å². The van der Waals surface area contributed by atoms with E-state index in [0.717, 1.165) is 0 Å². The zero-order valence-electron chi connectivity index (χ0n) is 14.8. The minimum atomic E-state index is -1.03. The van der Waals surface area contributed by atoms with Gasteiger partial charge < -0.3 is 37.5 Å². The second kappa shape index (κ2) is 8.67. The number of carboxylic acid groups (broad SMARTS) is 1. The van der Waals surface area contributed by atoms with Gasteiger partial charge in [-0.2, -0.15) is 0 Å². The lowest BCUT2D eigenvalue weighted by molar-refractivity contribution is -0.161. The van der Waals surface area contributed by atoms with Crippen LogP contribution in [0.25, 0.3) is 0 Å². The molecule has 1 aromatic rings. The van der Waals surface area contributed by atoms with E-state index in [4.69, 9.17) is 5.73 Å². The van der Waals surface area contributed by atoms with E-state index in [1.54, 1.807) is 38.1 Å². The molecule has 10 N–H and O–H groups in total. The van der Waals surface area contributed by atoms with Gasteiger partial charge in [0, 0.05) is 4.75 Å². The second-order valence-electron chi connectivity index (χ2n) is 6.47. The first-order chi connectivity index (χ1) is 11.2. The maximum absolute atomic E-state index is 12.3. The molecule has 11 heteroatoms. The molecular weight excluding hydrogens is 378 g/mol. The van der Waals surface area contributed by atoms with Crippen LogP contribution in [-0.4, -0.2) is 66.4 Å². The van der Waals surface area contributed by atoms with Crippen LogP contribution in [0.4, 0.5) is 0 Å². The van der Waals surface area contributed by atoms with Gasteiger partial charge in [0.05, 0.1) is 0 Å². The van der Waals surface area contributed by atoms with Gasteiger partial charge in [0.1, 0.15) is 23.5 Å². The van der Waals surface area contributed by atoms with Crippen LogP contribution in [0.5, 0.6) is 0 Å². The maximum atomic E-state index is 12.3.